The fourth-order valence-electron chi connectivity index (χ4n) is 2.41. The summed E-state index contributed by atoms with van der Waals surface area (Å²) in [5.74, 6) is 0.621. The van der Waals surface area contributed by atoms with Gasteiger partial charge in [0.2, 0.25) is 5.95 Å². The van der Waals surface area contributed by atoms with Crippen LogP contribution in [0.4, 0.5) is 0 Å². The van der Waals surface area contributed by atoms with Gasteiger partial charge < -0.3 is 14.0 Å². The quantitative estimate of drug-likeness (QED) is 0.816. The molecule has 22 heavy (non-hydrogen) atoms. The van der Waals surface area contributed by atoms with Gasteiger partial charge in [-0.15, -0.1) is 0 Å². The van der Waals surface area contributed by atoms with Crippen LogP contribution in [-0.2, 0) is 9.47 Å². The van der Waals surface area contributed by atoms with Crippen LogP contribution in [0.5, 0.6) is 0 Å². The monoisotopic (exact) mass is 325 g/mol. The summed E-state index contributed by atoms with van der Waals surface area (Å²) in [7, 11) is 3.27. The standard InChI is InChI=1S/C15H20ClN3O3/c1-10-5-18(6-11(2)14(10)20)15-17-13(16)7-19(15)12(8-21-3)9-22-4/h5-7,12H,8-9H2,1-4H3. The molecule has 2 rings (SSSR count). The predicted molar refractivity (Wildman–Crippen MR) is 85.1 cm³/mol. The van der Waals surface area contributed by atoms with Crippen molar-refractivity contribution in [3.05, 3.63) is 45.1 Å². The van der Waals surface area contributed by atoms with Gasteiger partial charge in [-0.25, -0.2) is 4.98 Å². The van der Waals surface area contributed by atoms with E-state index in [4.69, 9.17) is 21.1 Å². The Kier molecular flexibility index (Phi) is 5.39. The van der Waals surface area contributed by atoms with Crippen LogP contribution >= 0.6 is 11.6 Å². The highest BCUT2D eigenvalue weighted by Gasteiger charge is 2.18. The molecule has 2 aromatic rings. The van der Waals surface area contributed by atoms with E-state index in [9.17, 15) is 4.79 Å². The van der Waals surface area contributed by atoms with Crippen molar-refractivity contribution >= 4 is 11.6 Å². The molecule has 0 aromatic carbocycles. The number of rotatable bonds is 6. The lowest BCUT2D eigenvalue weighted by atomic mass is 10.2. The number of imidazole rings is 1. The lowest BCUT2D eigenvalue weighted by molar-refractivity contribution is 0.0893. The second kappa shape index (κ2) is 7.09. The second-order valence-electron chi connectivity index (χ2n) is 5.20. The third kappa shape index (κ3) is 3.40. The molecular weight excluding hydrogens is 306 g/mol. The number of ether oxygens (including phenoxy) is 2. The molecule has 0 atom stereocenters. The summed E-state index contributed by atoms with van der Waals surface area (Å²) in [6, 6.07) is -0.0648. The van der Waals surface area contributed by atoms with Gasteiger partial charge in [0.1, 0.15) is 5.15 Å². The largest absolute Gasteiger partial charge is 0.382 e. The van der Waals surface area contributed by atoms with Crippen molar-refractivity contribution in [1.82, 2.24) is 14.1 Å². The van der Waals surface area contributed by atoms with Crippen LogP contribution in [-0.4, -0.2) is 41.6 Å². The molecule has 0 bridgehead atoms. The average molecular weight is 326 g/mol. The third-order valence-corrected chi connectivity index (χ3v) is 3.59. The molecule has 0 aliphatic carbocycles. The van der Waals surface area contributed by atoms with Crippen molar-refractivity contribution in [3.63, 3.8) is 0 Å². The smallest absolute Gasteiger partial charge is 0.215 e. The molecule has 0 fully saturated rings. The fourth-order valence-corrected chi connectivity index (χ4v) is 2.59. The summed E-state index contributed by atoms with van der Waals surface area (Å²) in [6.07, 6.45) is 5.24. The van der Waals surface area contributed by atoms with Crippen LogP contribution in [0.15, 0.2) is 23.4 Å². The van der Waals surface area contributed by atoms with Gasteiger partial charge in [-0.3, -0.25) is 9.36 Å². The number of halogens is 1. The zero-order valence-electron chi connectivity index (χ0n) is 13.2. The number of pyridine rings is 1. The zero-order valence-corrected chi connectivity index (χ0v) is 13.9. The minimum Gasteiger partial charge on any atom is -0.382 e. The highest BCUT2D eigenvalue weighted by molar-refractivity contribution is 6.29. The number of hydrogen-bond acceptors (Lipinski definition) is 4. The molecule has 2 aromatic heterocycles. The van der Waals surface area contributed by atoms with Crippen molar-refractivity contribution in [1.29, 1.82) is 0 Å². The van der Waals surface area contributed by atoms with Crippen LogP contribution in [0.3, 0.4) is 0 Å². The van der Waals surface area contributed by atoms with E-state index in [2.05, 4.69) is 4.98 Å². The normalized spacial score (nSPS) is 11.4. The zero-order chi connectivity index (χ0) is 16.3. The first-order chi connectivity index (χ1) is 10.5. The molecule has 120 valence electrons. The van der Waals surface area contributed by atoms with Crippen molar-refractivity contribution in [2.24, 2.45) is 0 Å². The van der Waals surface area contributed by atoms with Crippen molar-refractivity contribution in [2.75, 3.05) is 27.4 Å². The Morgan fingerprint density at radius 1 is 1.14 bits per heavy atom. The molecule has 0 radical (unpaired) electrons. The van der Waals surface area contributed by atoms with E-state index in [0.717, 1.165) is 0 Å². The lowest BCUT2D eigenvalue weighted by Gasteiger charge is -2.20. The van der Waals surface area contributed by atoms with Gasteiger partial charge in [0, 0.05) is 43.9 Å². The molecular formula is C15H20ClN3O3. The number of nitrogens with zero attached hydrogens (tertiary/aromatic N) is 3. The summed E-state index contributed by atoms with van der Waals surface area (Å²) < 4.78 is 14.2. The van der Waals surface area contributed by atoms with Crippen molar-refractivity contribution in [3.8, 4) is 5.95 Å². The predicted octanol–water partition coefficient (Wildman–Crippen LogP) is 2.14. The van der Waals surface area contributed by atoms with E-state index in [1.54, 1.807) is 51.2 Å². The molecule has 0 amide bonds. The molecule has 0 aliphatic heterocycles. The minimum absolute atomic E-state index is 0.0331. The van der Waals surface area contributed by atoms with E-state index in [1.165, 1.54) is 0 Å². The summed E-state index contributed by atoms with van der Waals surface area (Å²) in [5.41, 5.74) is 1.34. The maximum Gasteiger partial charge on any atom is 0.215 e. The number of aryl methyl sites for hydroxylation is 2. The molecule has 2 heterocycles. The maximum absolute atomic E-state index is 11.9. The summed E-state index contributed by atoms with van der Waals surface area (Å²) in [6.45, 7) is 4.49. The highest BCUT2D eigenvalue weighted by Crippen LogP contribution is 2.20. The van der Waals surface area contributed by atoms with Crippen molar-refractivity contribution < 1.29 is 9.47 Å². The fraction of sp³-hybridized carbons (Fsp3) is 0.467. The van der Waals surface area contributed by atoms with Gasteiger partial charge in [-0.1, -0.05) is 11.6 Å². The molecule has 0 saturated carbocycles. The van der Waals surface area contributed by atoms with Crippen LogP contribution in [0.25, 0.3) is 5.95 Å². The van der Waals surface area contributed by atoms with E-state index < -0.39 is 0 Å². The number of methoxy groups -OCH3 is 2. The maximum atomic E-state index is 11.9. The summed E-state index contributed by atoms with van der Waals surface area (Å²) in [5, 5.41) is 0.376. The molecule has 0 N–H and O–H groups in total. The van der Waals surface area contributed by atoms with E-state index in [0.29, 0.717) is 35.4 Å². The minimum atomic E-state index is -0.0648. The van der Waals surface area contributed by atoms with Gasteiger partial charge in [0.15, 0.2) is 5.43 Å². The van der Waals surface area contributed by atoms with Crippen LogP contribution in [0.1, 0.15) is 17.2 Å². The van der Waals surface area contributed by atoms with E-state index >= 15 is 0 Å². The van der Waals surface area contributed by atoms with Gasteiger partial charge >= 0.3 is 0 Å². The van der Waals surface area contributed by atoms with Crippen molar-refractivity contribution in [2.45, 2.75) is 19.9 Å². The SMILES string of the molecule is COCC(COC)n1cc(Cl)nc1-n1cc(C)c(=O)c(C)c1. The van der Waals surface area contributed by atoms with Gasteiger partial charge in [-0.05, 0) is 13.8 Å². The van der Waals surface area contributed by atoms with Gasteiger partial charge in [0.25, 0.3) is 0 Å². The molecule has 0 aliphatic rings. The topological polar surface area (TPSA) is 58.3 Å². The molecule has 0 unspecified atom stereocenters. The third-order valence-electron chi connectivity index (χ3n) is 3.41. The van der Waals surface area contributed by atoms with Gasteiger partial charge in [-0.2, -0.15) is 0 Å². The Bertz CT molecular complexity index is 676. The Hall–Kier alpha value is -1.63. The first kappa shape index (κ1) is 16.7. The summed E-state index contributed by atoms with van der Waals surface area (Å²) in [4.78, 5) is 16.2. The van der Waals surface area contributed by atoms with Gasteiger partial charge in [0.05, 0.1) is 19.3 Å². The van der Waals surface area contributed by atoms with E-state index in [1.807, 2.05) is 4.57 Å². The molecule has 7 heteroatoms. The first-order valence-corrected chi connectivity index (χ1v) is 7.27. The Balaban J connectivity index is 2.54. The molecule has 0 saturated heterocycles. The second-order valence-corrected chi connectivity index (χ2v) is 5.58. The van der Waals surface area contributed by atoms with Crippen LogP contribution < -0.4 is 5.43 Å². The number of hydrogen-bond donors (Lipinski definition) is 0. The van der Waals surface area contributed by atoms with E-state index in [-0.39, 0.29) is 11.5 Å². The Morgan fingerprint density at radius 3 is 2.18 bits per heavy atom. The number of aromatic nitrogens is 3. The van der Waals surface area contributed by atoms with Crippen LogP contribution in [0.2, 0.25) is 5.15 Å². The molecule has 0 spiro atoms. The summed E-state index contributed by atoms with van der Waals surface area (Å²) >= 11 is 6.08. The Labute approximate surface area is 134 Å². The lowest BCUT2D eigenvalue weighted by Crippen LogP contribution is -2.23. The van der Waals surface area contributed by atoms with Crippen LogP contribution in [0, 0.1) is 13.8 Å². The average Bonchev–Trinajstić information content (AvgIpc) is 2.86. The first-order valence-electron chi connectivity index (χ1n) is 6.90. The highest BCUT2D eigenvalue weighted by atomic mass is 35.5. The molecule has 6 nitrogen and oxygen atoms in total. The Morgan fingerprint density at radius 2 is 1.68 bits per heavy atom.